The van der Waals surface area contributed by atoms with Crippen molar-refractivity contribution in [3.05, 3.63) is 65.5 Å². The number of hydrogen-bond donors (Lipinski definition) is 0. The van der Waals surface area contributed by atoms with E-state index in [9.17, 15) is 4.39 Å². The highest BCUT2D eigenvalue weighted by molar-refractivity contribution is 6.66. The van der Waals surface area contributed by atoms with Gasteiger partial charge in [0.2, 0.25) is 5.29 Å². The molecule has 0 radical (unpaired) electrons. The molecule has 0 N–H and O–H groups in total. The van der Waals surface area contributed by atoms with Gasteiger partial charge in [-0.05, 0) is 35.7 Å². The van der Waals surface area contributed by atoms with Crippen molar-refractivity contribution < 1.29 is 4.39 Å². The number of halogens is 2. The quantitative estimate of drug-likeness (QED) is 0.776. The maximum absolute atomic E-state index is 13.9. The van der Waals surface area contributed by atoms with E-state index in [0.717, 1.165) is 12.3 Å². The van der Waals surface area contributed by atoms with E-state index in [1.165, 1.54) is 11.6 Å². The van der Waals surface area contributed by atoms with Crippen LogP contribution < -0.4 is 0 Å². The van der Waals surface area contributed by atoms with Crippen LogP contribution in [0.5, 0.6) is 0 Å². The molecule has 2 aromatic carbocycles. The maximum atomic E-state index is 13.9. The van der Waals surface area contributed by atoms with Gasteiger partial charge in [-0.25, -0.2) is 9.38 Å². The Bertz CT molecular complexity index is 786. The van der Waals surface area contributed by atoms with E-state index in [0.29, 0.717) is 12.1 Å². The number of hydrogen-bond acceptors (Lipinski definition) is 3. The van der Waals surface area contributed by atoms with Crippen LogP contribution in [0.2, 0.25) is 0 Å². The molecule has 0 aromatic heterocycles. The molecule has 2 aliphatic heterocycles. The van der Waals surface area contributed by atoms with E-state index in [1.54, 1.807) is 6.07 Å². The summed E-state index contributed by atoms with van der Waals surface area (Å²) >= 11 is 6.21. The van der Waals surface area contributed by atoms with Gasteiger partial charge in [0, 0.05) is 12.1 Å². The van der Waals surface area contributed by atoms with Crippen LogP contribution >= 0.6 is 11.6 Å². The fourth-order valence-corrected chi connectivity index (χ4v) is 3.15. The Hall–Kier alpha value is -2.20. The highest BCUT2D eigenvalue weighted by Crippen LogP contribution is 2.33. The zero-order valence-electron chi connectivity index (χ0n) is 11.7. The van der Waals surface area contributed by atoms with Crippen molar-refractivity contribution in [3.8, 4) is 0 Å². The van der Waals surface area contributed by atoms with Crippen molar-refractivity contribution in [2.45, 2.75) is 12.5 Å². The molecule has 110 valence electrons. The third-order valence-electron chi connectivity index (χ3n) is 3.92. The van der Waals surface area contributed by atoms with Gasteiger partial charge in [-0.15, -0.1) is 0 Å². The molecule has 0 bridgehead atoms. The Morgan fingerprint density at radius 1 is 1.14 bits per heavy atom. The van der Waals surface area contributed by atoms with Gasteiger partial charge in [-0.1, -0.05) is 36.4 Å². The molecule has 0 saturated carbocycles. The highest BCUT2D eigenvalue weighted by atomic mass is 35.5. The molecular formula is C17H13ClFN3. The van der Waals surface area contributed by atoms with Crippen molar-refractivity contribution in [1.82, 2.24) is 4.90 Å². The lowest BCUT2D eigenvalue weighted by Gasteiger charge is -2.24. The number of rotatable bonds is 2. The summed E-state index contributed by atoms with van der Waals surface area (Å²) in [7, 11) is 0. The normalized spacial score (nSPS) is 19.4. The first-order valence-corrected chi connectivity index (χ1v) is 7.52. The third kappa shape index (κ3) is 2.20. The van der Waals surface area contributed by atoms with Crippen LogP contribution in [0.25, 0.3) is 0 Å². The van der Waals surface area contributed by atoms with E-state index < -0.39 is 0 Å². The van der Waals surface area contributed by atoms with Crippen molar-refractivity contribution in [2.24, 2.45) is 9.98 Å². The summed E-state index contributed by atoms with van der Waals surface area (Å²) in [6.45, 7) is 0.669. The average Bonchev–Trinajstić information content (AvgIpc) is 2.94. The Labute approximate surface area is 132 Å². The number of para-hydroxylation sites is 1. The van der Waals surface area contributed by atoms with Crippen molar-refractivity contribution in [3.63, 3.8) is 0 Å². The second kappa shape index (κ2) is 5.21. The molecular weight excluding hydrogens is 301 g/mol. The van der Waals surface area contributed by atoms with Crippen LogP contribution in [-0.2, 0) is 6.42 Å². The summed E-state index contributed by atoms with van der Waals surface area (Å²) in [4.78, 5) is 10.8. The van der Waals surface area contributed by atoms with Gasteiger partial charge in [-0.2, -0.15) is 0 Å². The lowest BCUT2D eigenvalue weighted by Crippen LogP contribution is -2.35. The van der Waals surface area contributed by atoms with E-state index in [-0.39, 0.29) is 22.8 Å². The molecule has 0 amide bonds. The molecule has 2 heterocycles. The minimum atomic E-state index is -0.371. The van der Waals surface area contributed by atoms with Gasteiger partial charge in [0.05, 0.1) is 6.04 Å². The predicted octanol–water partition coefficient (Wildman–Crippen LogP) is 3.74. The number of fused-ring (bicyclic) bond motifs is 3. The fraction of sp³-hybridized carbons (Fsp3) is 0.176. The summed E-state index contributed by atoms with van der Waals surface area (Å²) in [5.41, 5.74) is 2.21. The minimum Gasteiger partial charge on any atom is -0.299 e. The molecule has 0 saturated heterocycles. The van der Waals surface area contributed by atoms with Crippen LogP contribution in [0.4, 0.5) is 10.1 Å². The van der Waals surface area contributed by atoms with E-state index >= 15 is 0 Å². The molecule has 3 nitrogen and oxygen atoms in total. The van der Waals surface area contributed by atoms with Crippen molar-refractivity contribution >= 4 is 28.4 Å². The van der Waals surface area contributed by atoms with Crippen molar-refractivity contribution in [2.75, 3.05) is 6.54 Å². The van der Waals surface area contributed by atoms with Gasteiger partial charge < -0.3 is 0 Å². The van der Waals surface area contributed by atoms with E-state index in [2.05, 4.69) is 17.1 Å². The molecule has 22 heavy (non-hydrogen) atoms. The number of benzene rings is 2. The molecule has 5 heteroatoms. The predicted molar refractivity (Wildman–Crippen MR) is 86.5 cm³/mol. The monoisotopic (exact) mass is 313 g/mol. The fourth-order valence-electron chi connectivity index (χ4n) is 2.92. The Kier molecular flexibility index (Phi) is 3.19. The molecule has 1 unspecified atom stereocenters. The first-order valence-electron chi connectivity index (χ1n) is 7.15. The molecule has 1 atom stereocenters. The SMILES string of the molecule is Fc1cccc2c1N=C(Cl)N1CC(Cc3ccccc3)N=C21. The molecule has 2 aromatic rings. The molecule has 4 rings (SSSR count). The zero-order chi connectivity index (χ0) is 15.1. The van der Waals surface area contributed by atoms with Gasteiger partial charge >= 0.3 is 0 Å². The standard InChI is InChI=1S/C17H13ClFN3/c18-17-21-15-13(7-4-8-14(15)19)16-20-12(10-22(16)17)9-11-5-2-1-3-6-11/h1-8,12H,9-10H2. The lowest BCUT2D eigenvalue weighted by atomic mass is 10.1. The van der Waals surface area contributed by atoms with Crippen LogP contribution in [-0.4, -0.2) is 28.6 Å². The maximum Gasteiger partial charge on any atom is 0.204 e. The minimum absolute atomic E-state index is 0.0931. The molecule has 0 aliphatic carbocycles. The molecule has 2 aliphatic rings. The van der Waals surface area contributed by atoms with Crippen LogP contribution in [0.1, 0.15) is 11.1 Å². The average molecular weight is 314 g/mol. The Morgan fingerprint density at radius 3 is 2.77 bits per heavy atom. The van der Waals surface area contributed by atoms with Crippen LogP contribution in [0, 0.1) is 5.82 Å². The van der Waals surface area contributed by atoms with Gasteiger partial charge in [0.25, 0.3) is 0 Å². The van der Waals surface area contributed by atoms with Crippen LogP contribution in [0.3, 0.4) is 0 Å². The summed E-state index contributed by atoms with van der Waals surface area (Å²) in [5, 5.41) is 0.284. The molecule has 0 fully saturated rings. The van der Waals surface area contributed by atoms with Gasteiger partial charge in [0.15, 0.2) is 0 Å². The first kappa shape index (κ1) is 13.5. The summed E-state index contributed by atoms with van der Waals surface area (Å²) in [5.74, 6) is 0.347. The van der Waals surface area contributed by atoms with Crippen molar-refractivity contribution in [1.29, 1.82) is 0 Å². The zero-order valence-corrected chi connectivity index (χ0v) is 12.5. The third-order valence-corrected chi connectivity index (χ3v) is 4.21. The smallest absolute Gasteiger partial charge is 0.204 e. The highest BCUT2D eigenvalue weighted by Gasteiger charge is 2.34. The van der Waals surface area contributed by atoms with Gasteiger partial charge in [0.1, 0.15) is 17.3 Å². The van der Waals surface area contributed by atoms with E-state index in [1.807, 2.05) is 29.2 Å². The van der Waals surface area contributed by atoms with E-state index in [4.69, 9.17) is 16.6 Å². The second-order valence-electron chi connectivity index (χ2n) is 5.42. The summed E-state index contributed by atoms with van der Waals surface area (Å²) < 4.78 is 13.9. The lowest BCUT2D eigenvalue weighted by molar-refractivity contribution is 0.571. The number of nitrogens with zero attached hydrogens (tertiary/aromatic N) is 3. The number of aliphatic imine (C=N–C) groups is 2. The van der Waals surface area contributed by atoms with Gasteiger partial charge in [-0.3, -0.25) is 9.89 Å². The summed E-state index contributed by atoms with van der Waals surface area (Å²) in [6.07, 6.45) is 0.829. The Balaban J connectivity index is 1.70. The van der Waals surface area contributed by atoms with Crippen LogP contribution in [0.15, 0.2) is 58.5 Å². The Morgan fingerprint density at radius 2 is 1.95 bits per heavy atom. The molecule has 0 spiro atoms. The topological polar surface area (TPSA) is 28.0 Å². The first-order chi connectivity index (χ1) is 10.7. The second-order valence-corrected chi connectivity index (χ2v) is 5.76. The largest absolute Gasteiger partial charge is 0.299 e. The summed E-state index contributed by atoms with van der Waals surface area (Å²) in [6, 6.07) is 15.2. The number of amidine groups is 2.